The zero-order valence-corrected chi connectivity index (χ0v) is 13.0. The van der Waals surface area contributed by atoms with Gasteiger partial charge in [-0.1, -0.05) is 6.92 Å². The summed E-state index contributed by atoms with van der Waals surface area (Å²) in [5.41, 5.74) is 1.63. The lowest BCUT2D eigenvalue weighted by Gasteiger charge is -2.24. The lowest BCUT2D eigenvalue weighted by Crippen LogP contribution is -2.45. The first kappa shape index (κ1) is 15.0. The van der Waals surface area contributed by atoms with E-state index >= 15 is 0 Å². The lowest BCUT2D eigenvalue weighted by atomic mass is 10.1. The summed E-state index contributed by atoms with van der Waals surface area (Å²) in [6.45, 7) is 10.3. The van der Waals surface area contributed by atoms with Crippen molar-refractivity contribution < 1.29 is 4.79 Å². The molecule has 5 nitrogen and oxygen atoms in total. The smallest absolute Gasteiger partial charge is 0.255 e. The highest BCUT2D eigenvalue weighted by molar-refractivity contribution is 5.95. The van der Waals surface area contributed by atoms with Crippen molar-refractivity contribution in [2.24, 2.45) is 0 Å². The number of nitrogens with one attached hydrogen (secondary N) is 2. The minimum atomic E-state index is -0.101. The number of amides is 1. The van der Waals surface area contributed by atoms with Gasteiger partial charge in [0.25, 0.3) is 5.91 Å². The normalized spacial score (nSPS) is 19.9. The van der Waals surface area contributed by atoms with Crippen molar-refractivity contribution in [3.63, 3.8) is 0 Å². The van der Waals surface area contributed by atoms with E-state index in [9.17, 15) is 4.79 Å². The van der Waals surface area contributed by atoms with E-state index in [0.29, 0.717) is 5.56 Å². The van der Waals surface area contributed by atoms with Crippen LogP contribution in [0.5, 0.6) is 0 Å². The number of hydrogen-bond acceptors (Lipinski definition) is 3. The fourth-order valence-electron chi connectivity index (χ4n) is 2.72. The minimum absolute atomic E-state index is 0.00560. The van der Waals surface area contributed by atoms with Gasteiger partial charge in [0.1, 0.15) is 0 Å². The highest BCUT2D eigenvalue weighted by atomic mass is 16.1. The van der Waals surface area contributed by atoms with Crippen molar-refractivity contribution in [1.29, 1.82) is 0 Å². The third-order valence-corrected chi connectivity index (χ3v) is 3.72. The molecule has 0 bridgehead atoms. The molecule has 0 aromatic carbocycles. The molecule has 0 saturated carbocycles. The number of hydrogen-bond donors (Lipinski definition) is 2. The molecule has 2 N–H and O–H groups in total. The van der Waals surface area contributed by atoms with Crippen LogP contribution in [0.3, 0.4) is 0 Å². The minimum Gasteiger partial charge on any atom is -0.348 e. The van der Waals surface area contributed by atoms with Crippen molar-refractivity contribution in [3.8, 4) is 0 Å². The molecule has 1 aliphatic heterocycles. The monoisotopic (exact) mass is 278 g/mol. The zero-order chi connectivity index (χ0) is 14.8. The quantitative estimate of drug-likeness (QED) is 0.884. The fourth-order valence-corrected chi connectivity index (χ4v) is 2.72. The molecular formula is C15H26N4O. The molecule has 2 rings (SSSR count). The third-order valence-electron chi connectivity index (χ3n) is 3.72. The van der Waals surface area contributed by atoms with Gasteiger partial charge in [-0.2, -0.15) is 5.10 Å². The molecule has 5 heteroatoms. The van der Waals surface area contributed by atoms with Gasteiger partial charge in [0.05, 0.1) is 23.0 Å². The molecule has 1 atom stereocenters. The number of aromatic nitrogens is 2. The van der Waals surface area contributed by atoms with Gasteiger partial charge in [-0.05, 0) is 46.6 Å². The molecule has 1 aromatic heterocycles. The molecule has 1 saturated heterocycles. The maximum Gasteiger partial charge on any atom is 0.255 e. The Kier molecular flexibility index (Phi) is 4.48. The Morgan fingerprint density at radius 1 is 1.55 bits per heavy atom. The summed E-state index contributed by atoms with van der Waals surface area (Å²) in [5, 5.41) is 10.8. The van der Waals surface area contributed by atoms with Gasteiger partial charge in [-0.3, -0.25) is 9.48 Å². The van der Waals surface area contributed by atoms with E-state index in [0.717, 1.165) is 38.0 Å². The molecule has 112 valence electrons. The first-order valence-electron chi connectivity index (χ1n) is 7.52. The van der Waals surface area contributed by atoms with Gasteiger partial charge >= 0.3 is 0 Å². The van der Waals surface area contributed by atoms with Crippen LogP contribution < -0.4 is 10.6 Å². The Morgan fingerprint density at radius 2 is 2.30 bits per heavy atom. The molecule has 0 unspecified atom stereocenters. The first-order valence-corrected chi connectivity index (χ1v) is 7.52. The number of carbonyl (C=O) groups excluding carboxylic acids is 1. The average Bonchev–Trinajstić information content (AvgIpc) is 2.83. The van der Waals surface area contributed by atoms with Crippen LogP contribution in [0, 0.1) is 0 Å². The molecule has 0 radical (unpaired) electrons. The predicted molar refractivity (Wildman–Crippen MR) is 80.0 cm³/mol. The molecule has 1 amide bonds. The molecule has 2 heterocycles. The van der Waals surface area contributed by atoms with Crippen molar-refractivity contribution in [2.75, 3.05) is 13.1 Å². The molecule has 0 aliphatic carbocycles. The van der Waals surface area contributed by atoms with Crippen LogP contribution in [0.25, 0.3) is 0 Å². The van der Waals surface area contributed by atoms with Crippen LogP contribution in [0.1, 0.15) is 56.6 Å². The summed E-state index contributed by atoms with van der Waals surface area (Å²) in [4.78, 5) is 12.4. The average molecular weight is 278 g/mol. The van der Waals surface area contributed by atoms with Crippen LogP contribution in [0.2, 0.25) is 0 Å². The SMILES string of the molecule is CCc1c(C(=O)N[C@H]2CCCNC2)cnn1C(C)(C)C. The van der Waals surface area contributed by atoms with Gasteiger partial charge in [-0.25, -0.2) is 0 Å². The van der Waals surface area contributed by atoms with E-state index in [4.69, 9.17) is 0 Å². The van der Waals surface area contributed by atoms with Gasteiger partial charge in [0.2, 0.25) is 0 Å². The van der Waals surface area contributed by atoms with Crippen LogP contribution >= 0.6 is 0 Å². The van der Waals surface area contributed by atoms with E-state index in [1.54, 1.807) is 6.20 Å². The second-order valence-corrected chi connectivity index (χ2v) is 6.46. The largest absolute Gasteiger partial charge is 0.348 e. The Morgan fingerprint density at radius 3 is 2.85 bits per heavy atom. The van der Waals surface area contributed by atoms with Crippen LogP contribution in [-0.2, 0) is 12.0 Å². The van der Waals surface area contributed by atoms with Crippen molar-refractivity contribution in [3.05, 3.63) is 17.5 Å². The van der Waals surface area contributed by atoms with E-state index in [1.165, 1.54) is 0 Å². The maximum atomic E-state index is 12.4. The number of nitrogens with zero attached hydrogens (tertiary/aromatic N) is 2. The molecule has 1 aromatic rings. The topological polar surface area (TPSA) is 59.0 Å². The maximum absolute atomic E-state index is 12.4. The Bertz CT molecular complexity index is 467. The van der Waals surface area contributed by atoms with Crippen molar-refractivity contribution in [2.45, 2.75) is 58.5 Å². The zero-order valence-electron chi connectivity index (χ0n) is 13.0. The summed E-state index contributed by atoms with van der Waals surface area (Å²) in [6, 6.07) is 0.235. The standard InChI is InChI=1S/C15H26N4O/c1-5-13-12(10-17-19(13)15(2,3)4)14(20)18-11-7-6-8-16-9-11/h10-11,16H,5-9H2,1-4H3,(H,18,20)/t11-/m0/s1. The van der Waals surface area contributed by atoms with E-state index in [1.807, 2.05) is 4.68 Å². The van der Waals surface area contributed by atoms with E-state index < -0.39 is 0 Å². The molecular weight excluding hydrogens is 252 g/mol. The number of piperidine rings is 1. The Balaban J connectivity index is 2.15. The lowest BCUT2D eigenvalue weighted by molar-refractivity contribution is 0.0929. The van der Waals surface area contributed by atoms with Gasteiger partial charge in [0, 0.05) is 12.6 Å². The first-order chi connectivity index (χ1) is 9.43. The number of rotatable bonds is 3. The Labute approximate surface area is 121 Å². The second kappa shape index (κ2) is 5.95. The predicted octanol–water partition coefficient (Wildman–Crippen LogP) is 1.68. The van der Waals surface area contributed by atoms with Crippen LogP contribution in [-0.4, -0.2) is 34.8 Å². The number of carbonyl (C=O) groups is 1. The second-order valence-electron chi connectivity index (χ2n) is 6.46. The van der Waals surface area contributed by atoms with E-state index in [2.05, 4.69) is 43.4 Å². The van der Waals surface area contributed by atoms with Crippen LogP contribution in [0.15, 0.2) is 6.20 Å². The summed E-state index contributed by atoms with van der Waals surface area (Å²) < 4.78 is 1.96. The highest BCUT2D eigenvalue weighted by Gasteiger charge is 2.24. The molecule has 1 aliphatic rings. The van der Waals surface area contributed by atoms with Crippen molar-refractivity contribution >= 4 is 5.91 Å². The molecule has 1 fully saturated rings. The summed E-state index contributed by atoms with van der Waals surface area (Å²) in [6.07, 6.45) is 4.68. The molecule has 20 heavy (non-hydrogen) atoms. The summed E-state index contributed by atoms with van der Waals surface area (Å²) in [5.74, 6) is 0.00560. The van der Waals surface area contributed by atoms with Gasteiger partial charge < -0.3 is 10.6 Å². The van der Waals surface area contributed by atoms with Crippen LogP contribution in [0.4, 0.5) is 0 Å². The van der Waals surface area contributed by atoms with Gasteiger partial charge in [-0.15, -0.1) is 0 Å². The van der Waals surface area contributed by atoms with Crippen molar-refractivity contribution in [1.82, 2.24) is 20.4 Å². The van der Waals surface area contributed by atoms with E-state index in [-0.39, 0.29) is 17.5 Å². The Hall–Kier alpha value is -1.36. The summed E-state index contributed by atoms with van der Waals surface area (Å²) >= 11 is 0. The summed E-state index contributed by atoms with van der Waals surface area (Å²) in [7, 11) is 0. The fraction of sp³-hybridized carbons (Fsp3) is 0.733. The highest BCUT2D eigenvalue weighted by Crippen LogP contribution is 2.20. The van der Waals surface area contributed by atoms with Gasteiger partial charge in [0.15, 0.2) is 0 Å². The third kappa shape index (κ3) is 3.20. The molecule has 0 spiro atoms.